The summed E-state index contributed by atoms with van der Waals surface area (Å²) in [6, 6.07) is 0.698. The van der Waals surface area contributed by atoms with Crippen LogP contribution >= 0.6 is 0 Å². The van der Waals surface area contributed by atoms with Gasteiger partial charge in [-0.25, -0.2) is 0 Å². The van der Waals surface area contributed by atoms with E-state index in [1.165, 1.54) is 12.8 Å². The molecule has 0 aromatic rings. The van der Waals surface area contributed by atoms with E-state index in [0.29, 0.717) is 18.6 Å². The summed E-state index contributed by atoms with van der Waals surface area (Å²) in [7, 11) is 0. The highest BCUT2D eigenvalue weighted by molar-refractivity contribution is 5.78. The fraction of sp³-hybridized carbons (Fsp3) is 0.917. The van der Waals surface area contributed by atoms with Gasteiger partial charge in [0, 0.05) is 25.2 Å². The topological polar surface area (TPSA) is 58.4 Å². The molecule has 1 atom stereocenters. The first-order valence-corrected chi connectivity index (χ1v) is 6.42. The zero-order valence-corrected chi connectivity index (χ0v) is 10.1. The van der Waals surface area contributed by atoms with Crippen LogP contribution in [0.5, 0.6) is 0 Å². The van der Waals surface area contributed by atoms with E-state index in [1.54, 1.807) is 0 Å². The first-order chi connectivity index (χ1) is 7.65. The SMILES string of the molecule is CC(NC(=O)CN1CCC(N)CC1)C1CC1. The van der Waals surface area contributed by atoms with Gasteiger partial charge >= 0.3 is 0 Å². The molecule has 2 aliphatic rings. The highest BCUT2D eigenvalue weighted by Crippen LogP contribution is 2.32. The monoisotopic (exact) mass is 225 g/mol. The standard InChI is InChI=1S/C12H23N3O/c1-9(10-2-3-10)14-12(16)8-15-6-4-11(13)5-7-15/h9-11H,2-8,13H2,1H3,(H,14,16). The van der Waals surface area contributed by atoms with Crippen molar-refractivity contribution in [2.45, 2.75) is 44.7 Å². The predicted octanol–water partition coefficient (Wildman–Crippen LogP) is 0.324. The Bertz CT molecular complexity index is 245. The highest BCUT2D eigenvalue weighted by Gasteiger charge is 2.29. The van der Waals surface area contributed by atoms with Crippen molar-refractivity contribution in [1.29, 1.82) is 0 Å². The molecule has 4 heteroatoms. The first-order valence-electron chi connectivity index (χ1n) is 6.42. The van der Waals surface area contributed by atoms with Crippen LogP contribution in [0, 0.1) is 5.92 Å². The number of likely N-dealkylation sites (tertiary alicyclic amines) is 1. The van der Waals surface area contributed by atoms with Crippen LogP contribution in [0.1, 0.15) is 32.6 Å². The van der Waals surface area contributed by atoms with E-state index in [0.717, 1.165) is 31.8 Å². The molecule has 16 heavy (non-hydrogen) atoms. The van der Waals surface area contributed by atoms with Crippen molar-refractivity contribution >= 4 is 5.91 Å². The number of rotatable bonds is 4. The van der Waals surface area contributed by atoms with Crippen molar-refractivity contribution in [1.82, 2.24) is 10.2 Å². The lowest BCUT2D eigenvalue weighted by Crippen LogP contribution is -2.46. The Hall–Kier alpha value is -0.610. The van der Waals surface area contributed by atoms with Crippen LogP contribution in [0.4, 0.5) is 0 Å². The van der Waals surface area contributed by atoms with Crippen LogP contribution in [0.15, 0.2) is 0 Å². The van der Waals surface area contributed by atoms with E-state index in [9.17, 15) is 4.79 Å². The maximum atomic E-state index is 11.8. The molecule has 0 bridgehead atoms. The minimum Gasteiger partial charge on any atom is -0.352 e. The maximum Gasteiger partial charge on any atom is 0.234 e. The maximum absolute atomic E-state index is 11.8. The van der Waals surface area contributed by atoms with E-state index in [1.807, 2.05) is 0 Å². The summed E-state index contributed by atoms with van der Waals surface area (Å²) in [4.78, 5) is 14.0. The molecule has 1 aliphatic heterocycles. The van der Waals surface area contributed by atoms with Crippen LogP contribution in [0.2, 0.25) is 0 Å². The highest BCUT2D eigenvalue weighted by atomic mass is 16.2. The number of nitrogens with two attached hydrogens (primary N) is 1. The van der Waals surface area contributed by atoms with Gasteiger partial charge in [-0.15, -0.1) is 0 Å². The average Bonchev–Trinajstić information content (AvgIpc) is 3.04. The van der Waals surface area contributed by atoms with E-state index in [4.69, 9.17) is 5.73 Å². The van der Waals surface area contributed by atoms with Crippen molar-refractivity contribution in [2.75, 3.05) is 19.6 Å². The summed E-state index contributed by atoms with van der Waals surface area (Å²) in [5.74, 6) is 0.911. The molecule has 1 unspecified atom stereocenters. The number of hydrogen-bond acceptors (Lipinski definition) is 3. The predicted molar refractivity (Wildman–Crippen MR) is 64.0 cm³/mol. The molecule has 0 spiro atoms. The normalized spacial score (nSPS) is 25.4. The number of nitrogens with one attached hydrogen (secondary N) is 1. The van der Waals surface area contributed by atoms with Gasteiger partial charge in [-0.2, -0.15) is 0 Å². The van der Waals surface area contributed by atoms with Crippen LogP contribution < -0.4 is 11.1 Å². The Morgan fingerprint density at radius 3 is 2.56 bits per heavy atom. The fourth-order valence-corrected chi connectivity index (χ4v) is 2.33. The quantitative estimate of drug-likeness (QED) is 0.724. The zero-order chi connectivity index (χ0) is 11.5. The van der Waals surface area contributed by atoms with Crippen LogP contribution in [0.3, 0.4) is 0 Å². The van der Waals surface area contributed by atoms with Gasteiger partial charge in [0.2, 0.25) is 5.91 Å². The molecule has 1 aliphatic carbocycles. The van der Waals surface area contributed by atoms with Gasteiger partial charge in [-0.05, 0) is 38.5 Å². The van der Waals surface area contributed by atoms with E-state index in [-0.39, 0.29) is 5.91 Å². The van der Waals surface area contributed by atoms with Crippen LogP contribution in [-0.4, -0.2) is 42.5 Å². The van der Waals surface area contributed by atoms with E-state index in [2.05, 4.69) is 17.1 Å². The summed E-state index contributed by atoms with van der Waals surface area (Å²) >= 11 is 0. The molecule has 1 heterocycles. The van der Waals surface area contributed by atoms with Crippen molar-refractivity contribution in [3.63, 3.8) is 0 Å². The molecule has 2 fully saturated rings. The van der Waals surface area contributed by atoms with Crippen molar-refractivity contribution in [2.24, 2.45) is 11.7 Å². The van der Waals surface area contributed by atoms with Crippen molar-refractivity contribution in [3.05, 3.63) is 0 Å². The molecule has 4 nitrogen and oxygen atoms in total. The van der Waals surface area contributed by atoms with E-state index >= 15 is 0 Å². The first kappa shape index (κ1) is 11.9. The summed E-state index contributed by atoms with van der Waals surface area (Å²) in [5.41, 5.74) is 5.83. The lowest BCUT2D eigenvalue weighted by Gasteiger charge is -2.29. The average molecular weight is 225 g/mol. The molecule has 0 aromatic carbocycles. The zero-order valence-electron chi connectivity index (χ0n) is 10.1. The summed E-state index contributed by atoms with van der Waals surface area (Å²) in [6.07, 6.45) is 4.59. The number of carbonyl (C=O) groups excluding carboxylic acids is 1. The minimum absolute atomic E-state index is 0.176. The van der Waals surface area contributed by atoms with Gasteiger partial charge in [0.25, 0.3) is 0 Å². The summed E-state index contributed by atoms with van der Waals surface area (Å²) in [6.45, 7) is 4.59. The third-order valence-corrected chi connectivity index (χ3v) is 3.72. The fourth-order valence-electron chi connectivity index (χ4n) is 2.33. The molecular weight excluding hydrogens is 202 g/mol. The molecule has 92 valence electrons. The Labute approximate surface area is 97.6 Å². The molecule has 0 aromatic heterocycles. The van der Waals surface area contributed by atoms with Gasteiger partial charge in [0.05, 0.1) is 6.54 Å². The van der Waals surface area contributed by atoms with Gasteiger partial charge in [-0.3, -0.25) is 9.69 Å². The third-order valence-electron chi connectivity index (χ3n) is 3.72. The van der Waals surface area contributed by atoms with Gasteiger partial charge < -0.3 is 11.1 Å². The Balaban J connectivity index is 1.66. The molecule has 1 amide bonds. The number of piperidine rings is 1. The second-order valence-electron chi connectivity index (χ2n) is 5.31. The molecular formula is C12H23N3O. The number of carbonyl (C=O) groups is 1. The molecule has 1 saturated carbocycles. The van der Waals surface area contributed by atoms with Gasteiger partial charge in [-0.1, -0.05) is 0 Å². The minimum atomic E-state index is 0.176. The number of nitrogens with zero attached hydrogens (tertiary/aromatic N) is 1. The molecule has 3 N–H and O–H groups in total. The van der Waals surface area contributed by atoms with Gasteiger partial charge in [0.1, 0.15) is 0 Å². The second kappa shape index (κ2) is 5.15. The third kappa shape index (κ3) is 3.46. The largest absolute Gasteiger partial charge is 0.352 e. The smallest absolute Gasteiger partial charge is 0.234 e. The second-order valence-corrected chi connectivity index (χ2v) is 5.31. The molecule has 0 radical (unpaired) electrons. The Morgan fingerprint density at radius 2 is 2.00 bits per heavy atom. The lowest BCUT2D eigenvalue weighted by atomic mass is 10.1. The Morgan fingerprint density at radius 1 is 1.38 bits per heavy atom. The molecule has 2 rings (SSSR count). The number of hydrogen-bond donors (Lipinski definition) is 2. The van der Waals surface area contributed by atoms with Crippen LogP contribution in [-0.2, 0) is 4.79 Å². The summed E-state index contributed by atoms with van der Waals surface area (Å²) < 4.78 is 0. The number of amides is 1. The van der Waals surface area contributed by atoms with Crippen molar-refractivity contribution < 1.29 is 4.79 Å². The van der Waals surface area contributed by atoms with Gasteiger partial charge in [0.15, 0.2) is 0 Å². The Kier molecular flexibility index (Phi) is 3.82. The molecule has 1 saturated heterocycles. The van der Waals surface area contributed by atoms with E-state index < -0.39 is 0 Å². The summed E-state index contributed by atoms with van der Waals surface area (Å²) in [5, 5.41) is 3.09. The van der Waals surface area contributed by atoms with Crippen molar-refractivity contribution in [3.8, 4) is 0 Å². The van der Waals surface area contributed by atoms with Crippen LogP contribution in [0.25, 0.3) is 0 Å². The lowest BCUT2D eigenvalue weighted by molar-refractivity contribution is -0.123.